The molecule has 0 saturated carbocycles. The Hall–Kier alpha value is -2.07. The van der Waals surface area contributed by atoms with Crippen LogP contribution in [-0.4, -0.2) is 22.4 Å². The van der Waals surface area contributed by atoms with Crippen molar-refractivity contribution in [1.82, 2.24) is 0 Å². The van der Waals surface area contributed by atoms with E-state index >= 15 is 0 Å². The van der Waals surface area contributed by atoms with Gasteiger partial charge in [0.25, 0.3) is 0 Å². The summed E-state index contributed by atoms with van der Waals surface area (Å²) in [7, 11) is 0. The molecule has 1 aliphatic heterocycles. The minimum absolute atomic E-state index is 0.0220. The van der Waals surface area contributed by atoms with Gasteiger partial charge in [0, 0.05) is 11.8 Å². The van der Waals surface area contributed by atoms with Crippen molar-refractivity contribution < 1.29 is 14.9 Å². The smallest absolute Gasteiger partial charge is 0.115 e. The first-order valence-corrected chi connectivity index (χ1v) is 10.7. The van der Waals surface area contributed by atoms with Gasteiger partial charge in [0.05, 0.1) is 23.3 Å². The molecule has 0 aliphatic carbocycles. The first-order valence-electron chi connectivity index (χ1n) is 10.3. The number of phenols is 1. The number of hydrogen-bond donors (Lipinski definition) is 2. The standard InChI is InChI=1S/C23H23ClO3.C2H6/c1-14-10-18(26)13-22(27-14)21-12-16(11-15-6-8-17(25)9-7-15)23(24)20-5-3-2-4-19(20)21;1-2/h2-9,12,14,18,22,25-26H,10-11,13H2,1H3;1-2H3. The van der Waals surface area contributed by atoms with E-state index in [2.05, 4.69) is 12.1 Å². The van der Waals surface area contributed by atoms with Crippen molar-refractivity contribution in [1.29, 1.82) is 0 Å². The van der Waals surface area contributed by atoms with Crippen LogP contribution < -0.4 is 0 Å². The highest BCUT2D eigenvalue weighted by Crippen LogP contribution is 2.39. The third-order valence-electron chi connectivity index (χ3n) is 5.25. The van der Waals surface area contributed by atoms with E-state index in [1.807, 2.05) is 51.1 Å². The molecule has 1 saturated heterocycles. The summed E-state index contributed by atoms with van der Waals surface area (Å²) in [5, 5.41) is 22.6. The Bertz CT molecular complexity index is 942. The van der Waals surface area contributed by atoms with Gasteiger partial charge in [0.2, 0.25) is 0 Å². The van der Waals surface area contributed by atoms with Gasteiger partial charge in [-0.1, -0.05) is 67.9 Å². The molecule has 3 unspecified atom stereocenters. The highest BCUT2D eigenvalue weighted by molar-refractivity contribution is 6.36. The van der Waals surface area contributed by atoms with E-state index in [1.165, 1.54) is 0 Å². The number of hydrogen-bond acceptors (Lipinski definition) is 3. The van der Waals surface area contributed by atoms with Crippen LogP contribution in [0.15, 0.2) is 54.6 Å². The number of fused-ring (bicyclic) bond motifs is 1. The maximum Gasteiger partial charge on any atom is 0.115 e. The molecule has 0 spiro atoms. The maximum atomic E-state index is 10.2. The fourth-order valence-electron chi connectivity index (χ4n) is 3.98. The number of aliphatic hydroxyl groups excluding tert-OH is 1. The molecule has 29 heavy (non-hydrogen) atoms. The number of benzene rings is 3. The van der Waals surface area contributed by atoms with Gasteiger partial charge in [-0.3, -0.25) is 0 Å². The van der Waals surface area contributed by atoms with Gasteiger partial charge in [0.1, 0.15) is 5.75 Å². The van der Waals surface area contributed by atoms with E-state index in [1.54, 1.807) is 12.1 Å². The van der Waals surface area contributed by atoms with Gasteiger partial charge < -0.3 is 14.9 Å². The number of ether oxygens (including phenoxy) is 1. The monoisotopic (exact) mass is 412 g/mol. The Balaban J connectivity index is 0.00000117. The predicted octanol–water partition coefficient (Wildman–Crippen LogP) is 6.42. The van der Waals surface area contributed by atoms with E-state index < -0.39 is 0 Å². The minimum atomic E-state index is -0.353. The Morgan fingerprint density at radius 3 is 2.31 bits per heavy atom. The molecule has 154 valence electrons. The lowest BCUT2D eigenvalue weighted by atomic mass is 9.90. The summed E-state index contributed by atoms with van der Waals surface area (Å²) >= 11 is 6.75. The van der Waals surface area contributed by atoms with Crippen LogP contribution in [-0.2, 0) is 11.2 Å². The van der Waals surface area contributed by atoms with E-state index in [9.17, 15) is 10.2 Å². The highest BCUT2D eigenvalue weighted by atomic mass is 35.5. The molecule has 0 amide bonds. The molecule has 3 aromatic carbocycles. The largest absolute Gasteiger partial charge is 0.508 e. The molecule has 1 heterocycles. The normalized spacial score (nSPS) is 21.5. The van der Waals surface area contributed by atoms with Gasteiger partial charge >= 0.3 is 0 Å². The highest BCUT2D eigenvalue weighted by Gasteiger charge is 2.28. The molecular formula is C25H29ClO3. The topological polar surface area (TPSA) is 49.7 Å². The molecule has 2 N–H and O–H groups in total. The van der Waals surface area contributed by atoms with Crippen molar-refractivity contribution in [3.05, 3.63) is 76.3 Å². The van der Waals surface area contributed by atoms with Crippen LogP contribution in [0.5, 0.6) is 5.75 Å². The lowest BCUT2D eigenvalue weighted by Gasteiger charge is -2.32. The SMILES string of the molecule is CC.CC1CC(O)CC(c2cc(Cc3ccc(O)cc3)c(Cl)c3ccccc23)O1. The van der Waals surface area contributed by atoms with Crippen molar-refractivity contribution in [3.8, 4) is 5.75 Å². The lowest BCUT2D eigenvalue weighted by Crippen LogP contribution is -2.29. The summed E-state index contributed by atoms with van der Waals surface area (Å²) in [6, 6.07) is 17.4. The number of aromatic hydroxyl groups is 1. The third kappa shape index (κ3) is 4.92. The first kappa shape index (κ1) is 21.6. The number of rotatable bonds is 3. The van der Waals surface area contributed by atoms with E-state index in [4.69, 9.17) is 16.3 Å². The fraction of sp³-hybridized carbons (Fsp3) is 0.360. The molecular weight excluding hydrogens is 384 g/mol. The van der Waals surface area contributed by atoms with Crippen LogP contribution >= 0.6 is 11.6 Å². The molecule has 3 aromatic rings. The zero-order chi connectivity index (χ0) is 21.0. The van der Waals surface area contributed by atoms with E-state index in [0.29, 0.717) is 19.3 Å². The molecule has 1 aliphatic rings. The lowest BCUT2D eigenvalue weighted by molar-refractivity contribution is -0.0889. The summed E-state index contributed by atoms with van der Waals surface area (Å²) in [6.07, 6.45) is 1.45. The van der Waals surface area contributed by atoms with Crippen molar-refractivity contribution in [3.63, 3.8) is 0 Å². The molecule has 0 radical (unpaired) electrons. The van der Waals surface area contributed by atoms with Crippen molar-refractivity contribution in [2.75, 3.05) is 0 Å². The van der Waals surface area contributed by atoms with Crippen molar-refractivity contribution >= 4 is 22.4 Å². The van der Waals surface area contributed by atoms with Gasteiger partial charge in [-0.25, -0.2) is 0 Å². The van der Waals surface area contributed by atoms with E-state index in [-0.39, 0.29) is 24.1 Å². The fourth-order valence-corrected chi connectivity index (χ4v) is 4.26. The van der Waals surface area contributed by atoms with E-state index in [0.717, 1.165) is 32.5 Å². The maximum absolute atomic E-state index is 10.2. The van der Waals surface area contributed by atoms with Crippen molar-refractivity contribution in [2.45, 2.75) is 58.3 Å². The summed E-state index contributed by atoms with van der Waals surface area (Å²) in [4.78, 5) is 0. The number of halogens is 1. The van der Waals surface area contributed by atoms with Crippen molar-refractivity contribution in [2.24, 2.45) is 0 Å². The second-order valence-corrected chi connectivity index (χ2v) is 7.77. The average Bonchev–Trinajstić information content (AvgIpc) is 2.72. The Labute approximate surface area is 177 Å². The number of aliphatic hydroxyl groups is 1. The molecule has 1 fully saturated rings. The molecule has 4 rings (SSSR count). The molecule has 0 bridgehead atoms. The van der Waals surface area contributed by atoms with Gasteiger partial charge in [-0.05, 0) is 54.0 Å². The summed E-state index contributed by atoms with van der Waals surface area (Å²) in [6.45, 7) is 6.00. The van der Waals surface area contributed by atoms with Gasteiger partial charge in [0.15, 0.2) is 0 Å². The van der Waals surface area contributed by atoms with Gasteiger partial charge in [-0.2, -0.15) is 0 Å². The molecule has 3 nitrogen and oxygen atoms in total. The molecule has 4 heteroatoms. The van der Waals surface area contributed by atoms with Crippen LogP contribution in [0.4, 0.5) is 0 Å². The van der Waals surface area contributed by atoms with Crippen LogP contribution in [0.1, 0.15) is 56.4 Å². The Morgan fingerprint density at radius 2 is 1.66 bits per heavy atom. The zero-order valence-electron chi connectivity index (χ0n) is 17.2. The first-order chi connectivity index (χ1) is 14.0. The summed E-state index contributed by atoms with van der Waals surface area (Å²) < 4.78 is 6.18. The Kier molecular flexibility index (Phi) is 7.18. The second-order valence-electron chi connectivity index (χ2n) is 7.39. The Morgan fingerprint density at radius 1 is 1.00 bits per heavy atom. The average molecular weight is 413 g/mol. The quantitative estimate of drug-likeness (QED) is 0.522. The third-order valence-corrected chi connectivity index (χ3v) is 5.70. The zero-order valence-corrected chi connectivity index (χ0v) is 18.0. The summed E-state index contributed by atoms with van der Waals surface area (Å²) in [5.41, 5.74) is 3.18. The van der Waals surface area contributed by atoms with Crippen LogP contribution in [0.25, 0.3) is 10.8 Å². The van der Waals surface area contributed by atoms with Gasteiger partial charge in [-0.15, -0.1) is 0 Å². The summed E-state index contributed by atoms with van der Waals surface area (Å²) in [5.74, 6) is 0.252. The predicted molar refractivity (Wildman–Crippen MR) is 120 cm³/mol. The molecule has 3 atom stereocenters. The van der Waals surface area contributed by atoms with Crippen LogP contribution in [0.2, 0.25) is 5.02 Å². The number of phenolic OH excluding ortho intramolecular Hbond substituents is 1. The van der Waals surface area contributed by atoms with Crippen LogP contribution in [0, 0.1) is 0 Å². The second kappa shape index (κ2) is 9.62. The van der Waals surface area contributed by atoms with Crippen LogP contribution in [0.3, 0.4) is 0 Å². The minimum Gasteiger partial charge on any atom is -0.508 e. The molecule has 0 aromatic heterocycles.